The number of benzene rings is 2. The number of thiophene rings is 1. The van der Waals surface area contributed by atoms with E-state index in [0.29, 0.717) is 23.3 Å². The molecule has 0 saturated carbocycles. The molecule has 0 fully saturated rings. The smallest absolute Gasteiger partial charge is 0.259 e. The molecule has 0 bridgehead atoms. The van der Waals surface area contributed by atoms with E-state index in [2.05, 4.69) is 23.5 Å². The molecule has 1 aliphatic rings. The molecule has 0 unspecified atom stereocenters. The van der Waals surface area contributed by atoms with Crippen LogP contribution in [0.3, 0.4) is 0 Å². The summed E-state index contributed by atoms with van der Waals surface area (Å²) >= 11 is 1.70. The number of nitrogens with one attached hydrogen (secondary N) is 1. The van der Waals surface area contributed by atoms with Crippen LogP contribution in [-0.2, 0) is 6.42 Å². The molecule has 0 spiro atoms. The van der Waals surface area contributed by atoms with Crippen LogP contribution in [0, 0.1) is 0 Å². The third kappa shape index (κ3) is 2.29. The Balaban J connectivity index is 1.82. The predicted molar refractivity (Wildman–Crippen MR) is 89.4 cm³/mol. The van der Waals surface area contributed by atoms with Gasteiger partial charge in [-0.3, -0.25) is 14.9 Å². The van der Waals surface area contributed by atoms with Crippen molar-refractivity contribution in [2.45, 2.75) is 6.42 Å². The first kappa shape index (κ1) is 14.0. The molecule has 1 aromatic heterocycles. The van der Waals surface area contributed by atoms with Crippen molar-refractivity contribution in [2.75, 3.05) is 7.11 Å². The van der Waals surface area contributed by atoms with Crippen molar-refractivity contribution in [1.29, 1.82) is 0 Å². The maximum absolute atomic E-state index is 12.1. The summed E-state index contributed by atoms with van der Waals surface area (Å²) in [6.45, 7) is 0. The molecule has 1 aliphatic heterocycles. The van der Waals surface area contributed by atoms with E-state index >= 15 is 0 Å². The fourth-order valence-electron chi connectivity index (χ4n) is 2.92. The number of carbonyl (C=O) groups excluding carboxylic acids is 2. The number of methoxy groups -OCH3 is 1. The number of hydrogen-bond acceptors (Lipinski definition) is 4. The Morgan fingerprint density at radius 1 is 1.09 bits per heavy atom. The highest BCUT2D eigenvalue weighted by molar-refractivity contribution is 7.19. The Kier molecular flexibility index (Phi) is 3.16. The van der Waals surface area contributed by atoms with Crippen molar-refractivity contribution >= 4 is 33.2 Å². The van der Waals surface area contributed by atoms with Gasteiger partial charge in [-0.15, -0.1) is 11.3 Å². The van der Waals surface area contributed by atoms with Gasteiger partial charge < -0.3 is 4.74 Å². The summed E-state index contributed by atoms with van der Waals surface area (Å²) in [5.74, 6) is -0.102. The van der Waals surface area contributed by atoms with Gasteiger partial charge in [-0.2, -0.15) is 0 Å². The molecule has 114 valence electrons. The number of carbonyl (C=O) groups is 2. The zero-order valence-corrected chi connectivity index (χ0v) is 13.2. The van der Waals surface area contributed by atoms with Crippen molar-refractivity contribution in [1.82, 2.24) is 5.32 Å². The van der Waals surface area contributed by atoms with Crippen LogP contribution in [0.1, 0.15) is 31.2 Å². The molecule has 2 aromatic carbocycles. The molecule has 2 amide bonds. The lowest BCUT2D eigenvalue weighted by atomic mass is 9.99. The molecular formula is C18H13NO3S. The highest BCUT2D eigenvalue weighted by atomic mass is 32.1. The Labute approximate surface area is 136 Å². The molecule has 0 saturated heterocycles. The quantitative estimate of drug-likeness (QED) is 0.752. The molecule has 1 N–H and O–H groups in total. The summed E-state index contributed by atoms with van der Waals surface area (Å²) in [4.78, 5) is 25.1. The summed E-state index contributed by atoms with van der Waals surface area (Å²) < 4.78 is 6.48. The van der Waals surface area contributed by atoms with Gasteiger partial charge in [0.25, 0.3) is 11.8 Å². The summed E-state index contributed by atoms with van der Waals surface area (Å²) in [6, 6.07) is 13.7. The second kappa shape index (κ2) is 5.21. The summed E-state index contributed by atoms with van der Waals surface area (Å²) in [5.41, 5.74) is 1.67. The lowest BCUT2D eigenvalue weighted by molar-refractivity contribution is 0.0879. The van der Waals surface area contributed by atoms with Crippen LogP contribution >= 0.6 is 11.3 Å². The van der Waals surface area contributed by atoms with Gasteiger partial charge in [0.05, 0.1) is 18.2 Å². The molecule has 2 heterocycles. The van der Waals surface area contributed by atoms with E-state index in [4.69, 9.17) is 4.74 Å². The minimum absolute atomic E-state index is 0.330. The largest absolute Gasteiger partial charge is 0.497 e. The van der Waals surface area contributed by atoms with E-state index in [0.717, 1.165) is 10.4 Å². The molecule has 4 nitrogen and oxygen atoms in total. The second-order valence-electron chi connectivity index (χ2n) is 5.42. The minimum atomic E-state index is -0.360. The van der Waals surface area contributed by atoms with Gasteiger partial charge in [0.1, 0.15) is 5.75 Å². The van der Waals surface area contributed by atoms with Gasteiger partial charge in [-0.1, -0.05) is 18.2 Å². The second-order valence-corrected chi connectivity index (χ2v) is 6.59. The third-order valence-electron chi connectivity index (χ3n) is 3.97. The van der Waals surface area contributed by atoms with Gasteiger partial charge in [0.15, 0.2) is 0 Å². The third-order valence-corrected chi connectivity index (χ3v) is 5.09. The Morgan fingerprint density at radius 2 is 1.91 bits per heavy atom. The monoisotopic (exact) mass is 323 g/mol. The van der Waals surface area contributed by atoms with Gasteiger partial charge in [-0.25, -0.2) is 0 Å². The number of imide groups is 1. The van der Waals surface area contributed by atoms with Crippen LogP contribution in [0.15, 0.2) is 42.5 Å². The van der Waals surface area contributed by atoms with Crippen LogP contribution in [-0.4, -0.2) is 18.9 Å². The fraction of sp³-hybridized carbons (Fsp3) is 0.111. The number of rotatable bonds is 3. The van der Waals surface area contributed by atoms with Crippen molar-refractivity contribution in [3.63, 3.8) is 0 Å². The molecule has 0 aliphatic carbocycles. The van der Waals surface area contributed by atoms with Crippen LogP contribution in [0.2, 0.25) is 0 Å². The van der Waals surface area contributed by atoms with Gasteiger partial charge in [0, 0.05) is 16.0 Å². The first-order valence-corrected chi connectivity index (χ1v) is 8.01. The topological polar surface area (TPSA) is 55.4 Å². The average molecular weight is 323 g/mol. The van der Waals surface area contributed by atoms with Gasteiger partial charge in [-0.05, 0) is 35.2 Å². The lowest BCUT2D eigenvalue weighted by Gasteiger charge is -2.08. The minimum Gasteiger partial charge on any atom is -0.497 e. The van der Waals surface area contributed by atoms with Crippen molar-refractivity contribution in [3.05, 3.63) is 64.0 Å². The van der Waals surface area contributed by atoms with Crippen molar-refractivity contribution < 1.29 is 14.3 Å². The predicted octanol–water partition coefficient (Wildman–Crippen LogP) is 3.38. The molecule has 4 rings (SSSR count). The van der Waals surface area contributed by atoms with E-state index in [9.17, 15) is 9.59 Å². The SMILES string of the molecule is COc1cc(Cc2cc3ccccc3s2)c2c(c1)C(=O)NC2=O. The van der Waals surface area contributed by atoms with E-state index < -0.39 is 0 Å². The van der Waals surface area contributed by atoms with Gasteiger partial charge in [0.2, 0.25) is 0 Å². The molecule has 23 heavy (non-hydrogen) atoms. The van der Waals surface area contributed by atoms with Crippen LogP contribution in [0.25, 0.3) is 10.1 Å². The maximum Gasteiger partial charge on any atom is 0.259 e. The van der Waals surface area contributed by atoms with E-state index in [1.165, 1.54) is 10.1 Å². The van der Waals surface area contributed by atoms with E-state index in [1.54, 1.807) is 24.5 Å². The van der Waals surface area contributed by atoms with E-state index in [1.807, 2.05) is 18.2 Å². The maximum atomic E-state index is 12.1. The summed E-state index contributed by atoms with van der Waals surface area (Å²) in [6.07, 6.45) is 0.597. The number of hydrogen-bond donors (Lipinski definition) is 1. The molecular weight excluding hydrogens is 310 g/mol. The van der Waals surface area contributed by atoms with Crippen molar-refractivity contribution in [2.24, 2.45) is 0 Å². The molecule has 3 aromatic rings. The highest BCUT2D eigenvalue weighted by Crippen LogP contribution is 2.32. The standard InChI is InChI=1S/C18H13NO3S/c1-22-12-6-11(16-14(9-12)17(20)19-18(16)21)8-13-7-10-4-2-3-5-15(10)23-13/h2-7,9H,8H2,1H3,(H,19,20,21). The molecule has 5 heteroatoms. The zero-order valence-electron chi connectivity index (χ0n) is 12.4. The fourth-order valence-corrected chi connectivity index (χ4v) is 4.01. The van der Waals surface area contributed by atoms with Crippen molar-refractivity contribution in [3.8, 4) is 5.75 Å². The van der Waals surface area contributed by atoms with Crippen LogP contribution < -0.4 is 10.1 Å². The first-order chi connectivity index (χ1) is 11.2. The zero-order chi connectivity index (χ0) is 16.0. The first-order valence-electron chi connectivity index (χ1n) is 7.20. The summed E-state index contributed by atoms with van der Waals surface area (Å²) in [5, 5.41) is 3.54. The Morgan fingerprint density at radius 3 is 2.70 bits per heavy atom. The Bertz CT molecular complexity index is 925. The van der Waals surface area contributed by atoms with Crippen LogP contribution in [0.4, 0.5) is 0 Å². The molecule has 0 atom stereocenters. The lowest BCUT2D eigenvalue weighted by Crippen LogP contribution is -2.20. The van der Waals surface area contributed by atoms with E-state index in [-0.39, 0.29) is 11.8 Å². The van der Waals surface area contributed by atoms with Crippen LogP contribution in [0.5, 0.6) is 5.75 Å². The Hall–Kier alpha value is -2.66. The highest BCUT2D eigenvalue weighted by Gasteiger charge is 2.30. The number of fused-ring (bicyclic) bond motifs is 2. The molecule has 0 radical (unpaired) electrons. The summed E-state index contributed by atoms with van der Waals surface area (Å²) in [7, 11) is 1.56. The van der Waals surface area contributed by atoms with Gasteiger partial charge >= 0.3 is 0 Å². The normalized spacial score (nSPS) is 13.3. The average Bonchev–Trinajstić information content (AvgIpc) is 3.07. The number of amides is 2. The number of ether oxygens (including phenoxy) is 1.